The number of esters is 1. The number of hydrogen-bond acceptors (Lipinski definition) is 2. The first-order chi connectivity index (χ1) is 7.99. The van der Waals surface area contributed by atoms with E-state index in [9.17, 15) is 4.79 Å². The maximum atomic E-state index is 11.7. The minimum absolute atomic E-state index is 0.304. The quantitative estimate of drug-likeness (QED) is 0.445. The van der Waals surface area contributed by atoms with Crippen LogP contribution in [0, 0.1) is 6.92 Å². The molecule has 0 spiro atoms. The molecule has 1 aromatic carbocycles. The van der Waals surface area contributed by atoms with Crippen LogP contribution in [0.2, 0.25) is 0 Å². The molecule has 0 saturated heterocycles. The van der Waals surface area contributed by atoms with Crippen molar-refractivity contribution in [1.82, 2.24) is 0 Å². The Labute approximate surface area is 102 Å². The van der Waals surface area contributed by atoms with Crippen molar-refractivity contribution in [2.75, 3.05) is 0 Å². The molecular formula is C15H16O2. The van der Waals surface area contributed by atoms with Crippen molar-refractivity contribution in [3.05, 3.63) is 72.0 Å². The summed E-state index contributed by atoms with van der Waals surface area (Å²) in [5.74, 6) is -0.0973. The van der Waals surface area contributed by atoms with Gasteiger partial charge < -0.3 is 4.74 Å². The predicted molar refractivity (Wildman–Crippen MR) is 69.7 cm³/mol. The summed E-state index contributed by atoms with van der Waals surface area (Å²) in [6.45, 7) is 11.2. The second-order valence-electron chi connectivity index (χ2n) is 3.90. The van der Waals surface area contributed by atoms with Gasteiger partial charge in [0.15, 0.2) is 0 Å². The summed E-state index contributed by atoms with van der Waals surface area (Å²) in [6.07, 6.45) is 3.36. The predicted octanol–water partition coefficient (Wildman–Crippen LogP) is 3.80. The van der Waals surface area contributed by atoms with E-state index >= 15 is 0 Å². The number of ether oxygens (including phenoxy) is 1. The molecule has 2 nitrogen and oxygen atoms in total. The zero-order valence-electron chi connectivity index (χ0n) is 10.2. The molecule has 88 valence electrons. The summed E-state index contributed by atoms with van der Waals surface area (Å²) in [5.41, 5.74) is 2.49. The molecule has 0 amide bonds. The third-order valence-electron chi connectivity index (χ3n) is 2.06. The highest BCUT2D eigenvalue weighted by atomic mass is 16.5. The molecule has 1 rings (SSSR count). The monoisotopic (exact) mass is 228 g/mol. The van der Waals surface area contributed by atoms with E-state index in [1.165, 1.54) is 0 Å². The molecule has 0 aliphatic rings. The Hall–Kier alpha value is -2.09. The van der Waals surface area contributed by atoms with Crippen LogP contribution in [-0.4, -0.2) is 5.97 Å². The Morgan fingerprint density at radius 1 is 1.18 bits per heavy atom. The van der Waals surface area contributed by atoms with Crippen LogP contribution >= 0.6 is 0 Å². The average molecular weight is 228 g/mol. The van der Waals surface area contributed by atoms with E-state index in [2.05, 4.69) is 13.2 Å². The second-order valence-corrected chi connectivity index (χ2v) is 3.90. The minimum atomic E-state index is -0.402. The molecule has 0 fully saturated rings. The van der Waals surface area contributed by atoms with E-state index < -0.39 is 5.97 Å². The number of allylic oxidation sites excluding steroid dienone is 3. The molecule has 0 atom stereocenters. The summed E-state index contributed by atoms with van der Waals surface area (Å²) in [5, 5.41) is 0. The van der Waals surface area contributed by atoms with Crippen LogP contribution in [0.1, 0.15) is 22.8 Å². The van der Waals surface area contributed by atoms with Gasteiger partial charge in [0.25, 0.3) is 0 Å². The Kier molecular flexibility index (Phi) is 4.46. The molecule has 0 unspecified atom stereocenters. The maximum Gasteiger partial charge on any atom is 0.343 e. The van der Waals surface area contributed by atoms with Crippen molar-refractivity contribution >= 4 is 5.97 Å². The molecule has 0 radical (unpaired) electrons. The van der Waals surface area contributed by atoms with Crippen molar-refractivity contribution in [1.29, 1.82) is 0 Å². The van der Waals surface area contributed by atoms with Crippen molar-refractivity contribution in [2.24, 2.45) is 0 Å². The molecule has 1 aromatic rings. The topological polar surface area (TPSA) is 26.3 Å². The summed E-state index contributed by atoms with van der Waals surface area (Å²) >= 11 is 0. The Morgan fingerprint density at radius 2 is 1.76 bits per heavy atom. The van der Waals surface area contributed by atoms with Crippen LogP contribution < -0.4 is 0 Å². The van der Waals surface area contributed by atoms with Crippen LogP contribution in [-0.2, 0) is 4.74 Å². The van der Waals surface area contributed by atoms with Gasteiger partial charge in [-0.05, 0) is 32.1 Å². The zero-order chi connectivity index (χ0) is 12.8. The highest BCUT2D eigenvalue weighted by Crippen LogP contribution is 2.08. The normalized spacial score (nSPS) is 10.2. The lowest BCUT2D eigenvalue weighted by Crippen LogP contribution is -2.03. The van der Waals surface area contributed by atoms with Gasteiger partial charge in [-0.3, -0.25) is 0 Å². The maximum absolute atomic E-state index is 11.7. The van der Waals surface area contributed by atoms with Crippen molar-refractivity contribution < 1.29 is 9.53 Å². The molecule has 0 saturated carbocycles. The van der Waals surface area contributed by atoms with Gasteiger partial charge in [-0.25, -0.2) is 4.79 Å². The van der Waals surface area contributed by atoms with Crippen LogP contribution in [0.15, 0.2) is 60.9 Å². The van der Waals surface area contributed by atoms with Gasteiger partial charge in [0.1, 0.15) is 5.76 Å². The first kappa shape index (κ1) is 13.0. The Balaban J connectivity index is 2.63. The van der Waals surface area contributed by atoms with E-state index in [0.29, 0.717) is 11.3 Å². The molecular weight excluding hydrogens is 212 g/mol. The van der Waals surface area contributed by atoms with Gasteiger partial charge in [-0.2, -0.15) is 0 Å². The SMILES string of the molecule is C=C(C)/C=C\C(=C)OC(=O)c1ccc(C)cc1. The highest BCUT2D eigenvalue weighted by Gasteiger charge is 2.06. The summed E-state index contributed by atoms with van der Waals surface area (Å²) in [7, 11) is 0. The molecule has 0 aromatic heterocycles. The van der Waals surface area contributed by atoms with Gasteiger partial charge in [-0.1, -0.05) is 42.5 Å². The van der Waals surface area contributed by atoms with E-state index in [1.807, 2.05) is 26.0 Å². The number of aryl methyl sites for hydroxylation is 1. The van der Waals surface area contributed by atoms with Crippen molar-refractivity contribution in [3.8, 4) is 0 Å². The standard InChI is InChI=1S/C15H16O2/c1-11(2)5-8-13(4)17-15(16)14-9-6-12(3)7-10-14/h5-10H,1,4H2,2-3H3/b8-5-. The lowest BCUT2D eigenvalue weighted by molar-refractivity contribution is 0.0638. The first-order valence-corrected chi connectivity index (χ1v) is 5.30. The first-order valence-electron chi connectivity index (χ1n) is 5.30. The second kappa shape index (κ2) is 5.85. The fraction of sp³-hybridized carbons (Fsp3) is 0.133. The van der Waals surface area contributed by atoms with Crippen LogP contribution in [0.25, 0.3) is 0 Å². The Morgan fingerprint density at radius 3 is 2.29 bits per heavy atom. The van der Waals surface area contributed by atoms with Gasteiger partial charge >= 0.3 is 5.97 Å². The third-order valence-corrected chi connectivity index (χ3v) is 2.06. The van der Waals surface area contributed by atoms with E-state index in [-0.39, 0.29) is 0 Å². The van der Waals surface area contributed by atoms with Gasteiger partial charge in [0, 0.05) is 0 Å². The van der Waals surface area contributed by atoms with E-state index in [4.69, 9.17) is 4.74 Å². The van der Waals surface area contributed by atoms with E-state index in [1.54, 1.807) is 24.3 Å². The molecule has 0 heterocycles. The summed E-state index contributed by atoms with van der Waals surface area (Å²) in [4.78, 5) is 11.7. The summed E-state index contributed by atoms with van der Waals surface area (Å²) in [6, 6.07) is 7.19. The molecule has 0 bridgehead atoms. The zero-order valence-corrected chi connectivity index (χ0v) is 10.2. The number of carbonyl (C=O) groups excluding carboxylic acids is 1. The van der Waals surface area contributed by atoms with Gasteiger partial charge in [0.2, 0.25) is 0 Å². The average Bonchev–Trinajstić information content (AvgIpc) is 2.27. The Bertz CT molecular complexity index is 464. The number of hydrogen-bond donors (Lipinski definition) is 0. The highest BCUT2D eigenvalue weighted by molar-refractivity contribution is 5.90. The molecule has 17 heavy (non-hydrogen) atoms. The minimum Gasteiger partial charge on any atom is -0.424 e. The number of benzene rings is 1. The number of rotatable bonds is 4. The van der Waals surface area contributed by atoms with Crippen molar-refractivity contribution in [2.45, 2.75) is 13.8 Å². The van der Waals surface area contributed by atoms with Crippen LogP contribution in [0.3, 0.4) is 0 Å². The molecule has 0 aliphatic carbocycles. The molecule has 0 aliphatic heterocycles. The van der Waals surface area contributed by atoms with Crippen molar-refractivity contribution in [3.63, 3.8) is 0 Å². The fourth-order valence-corrected chi connectivity index (χ4v) is 1.14. The lowest BCUT2D eigenvalue weighted by atomic mass is 10.1. The fourth-order valence-electron chi connectivity index (χ4n) is 1.14. The smallest absolute Gasteiger partial charge is 0.343 e. The molecule has 2 heteroatoms. The van der Waals surface area contributed by atoms with Crippen LogP contribution in [0.4, 0.5) is 0 Å². The lowest BCUT2D eigenvalue weighted by Gasteiger charge is -2.03. The van der Waals surface area contributed by atoms with Gasteiger partial charge in [0.05, 0.1) is 5.56 Å². The third kappa shape index (κ3) is 4.51. The number of carbonyl (C=O) groups is 1. The molecule has 0 N–H and O–H groups in total. The largest absolute Gasteiger partial charge is 0.424 e. The van der Waals surface area contributed by atoms with Gasteiger partial charge in [-0.15, -0.1) is 0 Å². The summed E-state index contributed by atoms with van der Waals surface area (Å²) < 4.78 is 5.07. The van der Waals surface area contributed by atoms with E-state index in [0.717, 1.165) is 11.1 Å². The van der Waals surface area contributed by atoms with Crippen LogP contribution in [0.5, 0.6) is 0 Å².